The molecule has 2 aliphatic rings. The van der Waals surface area contributed by atoms with Crippen molar-refractivity contribution in [1.82, 2.24) is 9.80 Å². The maximum Gasteiger partial charge on any atom is 0.410 e. The third kappa shape index (κ3) is 9.02. The monoisotopic (exact) mass is 486 g/mol. The third-order valence-electron chi connectivity index (χ3n) is 5.87. The summed E-state index contributed by atoms with van der Waals surface area (Å²) < 4.78 is 10.5. The van der Waals surface area contributed by atoms with Crippen LogP contribution in [0.5, 0.6) is 0 Å². The SMILES string of the molecule is CC[C@@H]1CN(C(=O)OC(C)(C)C)C[C@H]1C(=O)O.CC[C@H]1CN(C(=O)OC(C)(C)C)C[C@@H]1C(=O)O. The number of carbonyl (C=O) groups excluding carboxylic acids is 2. The Bertz CT molecular complexity index is 678. The number of rotatable bonds is 4. The van der Waals surface area contributed by atoms with Crippen LogP contribution in [0.1, 0.15) is 68.2 Å². The van der Waals surface area contributed by atoms with Crippen molar-refractivity contribution in [3.05, 3.63) is 0 Å². The Morgan fingerprint density at radius 1 is 0.676 bits per heavy atom. The highest BCUT2D eigenvalue weighted by molar-refractivity contribution is 5.75. The van der Waals surface area contributed by atoms with Crippen LogP contribution in [0.15, 0.2) is 0 Å². The zero-order chi connectivity index (χ0) is 26.4. The fraction of sp³-hybridized carbons (Fsp3) is 0.833. The molecule has 2 saturated heterocycles. The fourth-order valence-electron chi connectivity index (χ4n) is 4.08. The molecule has 196 valence electrons. The van der Waals surface area contributed by atoms with Gasteiger partial charge in [-0.3, -0.25) is 9.59 Å². The Balaban J connectivity index is 0.000000340. The number of aliphatic carboxylic acids is 2. The molecule has 34 heavy (non-hydrogen) atoms. The highest BCUT2D eigenvalue weighted by Crippen LogP contribution is 2.28. The number of likely N-dealkylation sites (tertiary alicyclic amines) is 2. The van der Waals surface area contributed by atoms with Gasteiger partial charge in [-0.2, -0.15) is 0 Å². The van der Waals surface area contributed by atoms with Gasteiger partial charge >= 0.3 is 24.1 Å². The molecule has 0 aromatic heterocycles. The van der Waals surface area contributed by atoms with Crippen LogP contribution in [0, 0.1) is 23.7 Å². The van der Waals surface area contributed by atoms with Crippen molar-refractivity contribution in [2.75, 3.05) is 26.2 Å². The average Bonchev–Trinajstić information content (AvgIpc) is 3.30. The minimum atomic E-state index is -0.831. The Hall–Kier alpha value is -2.52. The molecule has 0 aromatic rings. The first-order valence-corrected chi connectivity index (χ1v) is 11.9. The average molecular weight is 487 g/mol. The number of hydrogen-bond donors (Lipinski definition) is 2. The topological polar surface area (TPSA) is 134 Å². The normalized spacial score (nSPS) is 24.8. The lowest BCUT2D eigenvalue weighted by Gasteiger charge is -2.24. The van der Waals surface area contributed by atoms with Gasteiger partial charge in [-0.25, -0.2) is 9.59 Å². The zero-order valence-corrected chi connectivity index (χ0v) is 21.8. The lowest BCUT2D eigenvalue weighted by atomic mass is 9.94. The van der Waals surface area contributed by atoms with Crippen LogP contribution in [-0.4, -0.2) is 81.5 Å². The van der Waals surface area contributed by atoms with Crippen LogP contribution in [-0.2, 0) is 19.1 Å². The van der Waals surface area contributed by atoms with Crippen LogP contribution in [0.2, 0.25) is 0 Å². The summed E-state index contributed by atoms with van der Waals surface area (Å²) in [6.07, 6.45) is 0.686. The van der Waals surface area contributed by atoms with Crippen LogP contribution in [0.4, 0.5) is 9.59 Å². The van der Waals surface area contributed by atoms with Crippen molar-refractivity contribution in [3.63, 3.8) is 0 Å². The molecule has 0 bridgehead atoms. The van der Waals surface area contributed by atoms with E-state index in [1.165, 1.54) is 9.80 Å². The van der Waals surface area contributed by atoms with E-state index in [9.17, 15) is 19.2 Å². The van der Waals surface area contributed by atoms with Crippen LogP contribution in [0.25, 0.3) is 0 Å². The molecule has 0 aliphatic carbocycles. The molecule has 2 rings (SSSR count). The predicted molar refractivity (Wildman–Crippen MR) is 125 cm³/mol. The van der Waals surface area contributed by atoms with E-state index in [-0.39, 0.29) is 24.9 Å². The van der Waals surface area contributed by atoms with Crippen LogP contribution in [0.3, 0.4) is 0 Å². The minimum absolute atomic E-state index is 0.0278. The highest BCUT2D eigenvalue weighted by atomic mass is 16.6. The van der Waals surface area contributed by atoms with Crippen LogP contribution < -0.4 is 0 Å². The van der Waals surface area contributed by atoms with E-state index in [0.29, 0.717) is 13.1 Å². The molecule has 2 N–H and O–H groups in total. The summed E-state index contributed by atoms with van der Waals surface area (Å²) in [5, 5.41) is 18.1. The van der Waals surface area contributed by atoms with E-state index in [1.54, 1.807) is 41.5 Å². The molecular formula is C24H42N2O8. The summed E-state index contributed by atoms with van der Waals surface area (Å²) in [6.45, 7) is 16.1. The molecule has 4 atom stereocenters. The number of amides is 2. The molecule has 10 heteroatoms. The maximum atomic E-state index is 11.8. The van der Waals surface area contributed by atoms with Gasteiger partial charge in [0.15, 0.2) is 0 Å². The third-order valence-corrected chi connectivity index (χ3v) is 5.87. The van der Waals surface area contributed by atoms with Gasteiger partial charge in [0.1, 0.15) is 11.2 Å². The van der Waals surface area contributed by atoms with Gasteiger partial charge in [0, 0.05) is 26.2 Å². The van der Waals surface area contributed by atoms with Crippen molar-refractivity contribution in [2.24, 2.45) is 23.7 Å². The predicted octanol–water partition coefficient (Wildman–Crippen LogP) is 3.93. The molecule has 0 radical (unpaired) electrons. The maximum absolute atomic E-state index is 11.8. The lowest BCUT2D eigenvalue weighted by molar-refractivity contribution is -0.143. The Morgan fingerprint density at radius 3 is 1.15 bits per heavy atom. The summed E-state index contributed by atoms with van der Waals surface area (Å²) in [5.74, 6) is -2.54. The summed E-state index contributed by atoms with van der Waals surface area (Å²) in [4.78, 5) is 48.7. The number of hydrogen-bond acceptors (Lipinski definition) is 6. The van der Waals surface area contributed by atoms with E-state index >= 15 is 0 Å². The second kappa shape index (κ2) is 11.8. The second-order valence-corrected chi connectivity index (χ2v) is 11.0. The fourth-order valence-corrected chi connectivity index (χ4v) is 4.08. The Kier molecular flexibility index (Phi) is 10.2. The van der Waals surface area contributed by atoms with E-state index < -0.39 is 47.2 Å². The lowest BCUT2D eigenvalue weighted by Crippen LogP contribution is -2.35. The molecule has 0 aromatic carbocycles. The number of carbonyl (C=O) groups is 4. The van der Waals surface area contributed by atoms with Gasteiger partial charge in [-0.05, 0) is 53.4 Å². The van der Waals surface area contributed by atoms with E-state index in [0.717, 1.165) is 12.8 Å². The number of carboxylic acids is 2. The first-order chi connectivity index (χ1) is 15.5. The molecule has 2 heterocycles. The van der Waals surface area contributed by atoms with E-state index in [2.05, 4.69) is 0 Å². The molecule has 0 saturated carbocycles. The smallest absolute Gasteiger partial charge is 0.410 e. The molecular weight excluding hydrogens is 444 g/mol. The molecule has 2 amide bonds. The van der Waals surface area contributed by atoms with E-state index in [1.807, 2.05) is 13.8 Å². The molecule has 2 fully saturated rings. The van der Waals surface area contributed by atoms with Crippen LogP contribution >= 0.6 is 0 Å². The van der Waals surface area contributed by atoms with Gasteiger partial charge in [0.25, 0.3) is 0 Å². The van der Waals surface area contributed by atoms with Crippen molar-refractivity contribution < 1.29 is 38.9 Å². The Labute approximate surface area is 202 Å². The summed E-state index contributed by atoms with van der Waals surface area (Å²) in [6, 6.07) is 0. The van der Waals surface area contributed by atoms with Crippen molar-refractivity contribution in [2.45, 2.75) is 79.4 Å². The quantitative estimate of drug-likeness (QED) is 0.610. The second-order valence-electron chi connectivity index (χ2n) is 11.0. The Morgan fingerprint density at radius 2 is 0.971 bits per heavy atom. The molecule has 2 aliphatic heterocycles. The minimum Gasteiger partial charge on any atom is -0.481 e. The van der Waals surface area contributed by atoms with Gasteiger partial charge in [-0.15, -0.1) is 0 Å². The van der Waals surface area contributed by atoms with Gasteiger partial charge in [0.05, 0.1) is 11.8 Å². The van der Waals surface area contributed by atoms with Gasteiger partial charge in [0.2, 0.25) is 0 Å². The summed E-state index contributed by atoms with van der Waals surface area (Å²) >= 11 is 0. The molecule has 10 nitrogen and oxygen atoms in total. The van der Waals surface area contributed by atoms with E-state index in [4.69, 9.17) is 19.7 Å². The van der Waals surface area contributed by atoms with Crippen molar-refractivity contribution in [1.29, 1.82) is 0 Å². The highest BCUT2D eigenvalue weighted by Gasteiger charge is 2.41. The van der Waals surface area contributed by atoms with Crippen molar-refractivity contribution in [3.8, 4) is 0 Å². The van der Waals surface area contributed by atoms with Gasteiger partial charge < -0.3 is 29.5 Å². The summed E-state index contributed by atoms with van der Waals surface area (Å²) in [7, 11) is 0. The van der Waals surface area contributed by atoms with Crippen molar-refractivity contribution >= 4 is 24.1 Å². The largest absolute Gasteiger partial charge is 0.481 e. The summed E-state index contributed by atoms with van der Waals surface area (Å²) in [5.41, 5.74) is -1.08. The number of ether oxygens (including phenoxy) is 2. The zero-order valence-electron chi connectivity index (χ0n) is 21.8. The number of nitrogens with zero attached hydrogens (tertiary/aromatic N) is 2. The van der Waals surface area contributed by atoms with Gasteiger partial charge in [-0.1, -0.05) is 26.7 Å². The molecule has 0 spiro atoms. The standard InChI is InChI=1S/2C12H21NO4/c2*1-5-8-6-13(7-9(8)10(14)15)11(16)17-12(2,3)4/h2*8-9H,5-7H2,1-4H3,(H,14,15)/t2*8-,9-/m10/s1. The number of carboxylic acid groups (broad SMARTS) is 2. The molecule has 0 unspecified atom stereocenters. The first kappa shape index (κ1) is 29.5. The first-order valence-electron chi connectivity index (χ1n) is 11.9.